The topological polar surface area (TPSA) is 54.5 Å². The maximum absolute atomic E-state index is 13.5. The number of imidazole rings is 1. The van der Waals surface area contributed by atoms with Gasteiger partial charge < -0.3 is 4.98 Å². The summed E-state index contributed by atoms with van der Waals surface area (Å²) in [7, 11) is 0. The molecule has 0 bridgehead atoms. The summed E-state index contributed by atoms with van der Waals surface area (Å²) >= 11 is 0. The molecular weight excluding hydrogens is 207 g/mol. The number of benzene rings is 1. The van der Waals surface area contributed by atoms with E-state index in [2.05, 4.69) is 19.9 Å². The summed E-state index contributed by atoms with van der Waals surface area (Å²) in [5.41, 5.74) is 2.02. The normalized spacial score (nSPS) is 10.8. The molecule has 0 unspecified atom stereocenters. The largest absolute Gasteiger partial charge is 0.328 e. The molecular formula is C11H7FN4. The highest BCUT2D eigenvalue weighted by Crippen LogP contribution is 2.20. The van der Waals surface area contributed by atoms with Crippen LogP contribution in [0.4, 0.5) is 4.39 Å². The maximum Gasteiger partial charge on any atom is 0.197 e. The van der Waals surface area contributed by atoms with Gasteiger partial charge in [0.15, 0.2) is 11.3 Å². The highest BCUT2D eigenvalue weighted by Gasteiger charge is 2.07. The Balaban J connectivity index is 2.22. The van der Waals surface area contributed by atoms with Crippen molar-refractivity contribution >= 4 is 11.3 Å². The molecule has 3 rings (SSSR count). The molecule has 2 heterocycles. The molecule has 0 spiro atoms. The highest BCUT2D eigenvalue weighted by atomic mass is 19.1. The van der Waals surface area contributed by atoms with E-state index < -0.39 is 0 Å². The number of hydrogen-bond acceptors (Lipinski definition) is 3. The van der Waals surface area contributed by atoms with Crippen molar-refractivity contribution < 1.29 is 4.39 Å². The van der Waals surface area contributed by atoms with Gasteiger partial charge in [0.2, 0.25) is 0 Å². The fraction of sp³-hybridized carbons (Fsp3) is 0. The number of aromatic nitrogens is 4. The van der Waals surface area contributed by atoms with E-state index in [1.54, 1.807) is 18.2 Å². The van der Waals surface area contributed by atoms with Crippen LogP contribution < -0.4 is 0 Å². The van der Waals surface area contributed by atoms with E-state index in [0.717, 1.165) is 0 Å². The average molecular weight is 214 g/mol. The van der Waals surface area contributed by atoms with Crippen LogP contribution in [0.1, 0.15) is 0 Å². The molecule has 0 saturated heterocycles. The van der Waals surface area contributed by atoms with Crippen LogP contribution in [0.5, 0.6) is 0 Å². The lowest BCUT2D eigenvalue weighted by molar-refractivity contribution is 0.630. The number of fused-ring (bicyclic) bond motifs is 1. The lowest BCUT2D eigenvalue weighted by Gasteiger charge is -2.00. The van der Waals surface area contributed by atoms with Crippen molar-refractivity contribution in [2.45, 2.75) is 0 Å². The zero-order chi connectivity index (χ0) is 11.0. The fourth-order valence-electron chi connectivity index (χ4n) is 1.53. The number of nitrogens with one attached hydrogen (secondary N) is 1. The second kappa shape index (κ2) is 3.37. The van der Waals surface area contributed by atoms with Crippen molar-refractivity contribution in [3.63, 3.8) is 0 Å². The van der Waals surface area contributed by atoms with Crippen molar-refractivity contribution in [2.24, 2.45) is 0 Å². The van der Waals surface area contributed by atoms with Gasteiger partial charge in [-0.1, -0.05) is 12.1 Å². The van der Waals surface area contributed by atoms with Gasteiger partial charge >= 0.3 is 0 Å². The third-order valence-electron chi connectivity index (χ3n) is 2.29. The standard InChI is InChI=1S/C11H7FN4/c12-8-4-2-1-3-7(8)9-5-13-10-11(16-9)15-6-14-10/h1-6H,(H,13,14,15,16). The van der Waals surface area contributed by atoms with Gasteiger partial charge in [0.1, 0.15) is 5.82 Å². The lowest BCUT2D eigenvalue weighted by Crippen LogP contribution is -1.90. The zero-order valence-electron chi connectivity index (χ0n) is 8.18. The van der Waals surface area contributed by atoms with Gasteiger partial charge in [0, 0.05) is 5.56 Å². The average Bonchev–Trinajstić information content (AvgIpc) is 2.76. The predicted molar refractivity (Wildman–Crippen MR) is 57.1 cm³/mol. The van der Waals surface area contributed by atoms with Gasteiger partial charge in [-0.2, -0.15) is 0 Å². The van der Waals surface area contributed by atoms with Crippen LogP contribution in [0.2, 0.25) is 0 Å². The minimum Gasteiger partial charge on any atom is -0.328 e. The van der Waals surface area contributed by atoms with E-state index in [0.29, 0.717) is 22.6 Å². The van der Waals surface area contributed by atoms with E-state index in [4.69, 9.17) is 0 Å². The second-order valence-corrected chi connectivity index (χ2v) is 3.31. The molecule has 0 aliphatic rings. The monoisotopic (exact) mass is 214 g/mol. The van der Waals surface area contributed by atoms with Crippen molar-refractivity contribution in [1.29, 1.82) is 0 Å². The summed E-state index contributed by atoms with van der Waals surface area (Å²) < 4.78 is 13.5. The maximum atomic E-state index is 13.5. The molecule has 0 atom stereocenters. The Hall–Kier alpha value is -2.30. The van der Waals surface area contributed by atoms with Crippen LogP contribution in [0.3, 0.4) is 0 Å². The highest BCUT2D eigenvalue weighted by molar-refractivity contribution is 5.70. The minimum atomic E-state index is -0.310. The number of H-pyrrole nitrogens is 1. The van der Waals surface area contributed by atoms with E-state index in [1.807, 2.05) is 0 Å². The number of rotatable bonds is 1. The van der Waals surface area contributed by atoms with Crippen LogP contribution in [0.25, 0.3) is 22.6 Å². The van der Waals surface area contributed by atoms with Crippen LogP contribution in [-0.2, 0) is 0 Å². The van der Waals surface area contributed by atoms with Crippen molar-refractivity contribution in [2.75, 3.05) is 0 Å². The molecule has 78 valence electrons. The zero-order valence-corrected chi connectivity index (χ0v) is 8.18. The Labute approximate surface area is 90.2 Å². The molecule has 0 fully saturated rings. The van der Waals surface area contributed by atoms with Crippen LogP contribution in [-0.4, -0.2) is 19.9 Å². The van der Waals surface area contributed by atoms with Gasteiger partial charge in [-0.15, -0.1) is 0 Å². The Bertz CT molecular complexity index is 647. The molecule has 4 nitrogen and oxygen atoms in total. The molecule has 1 N–H and O–H groups in total. The van der Waals surface area contributed by atoms with Crippen LogP contribution in [0, 0.1) is 5.82 Å². The number of aromatic amines is 1. The molecule has 0 amide bonds. The first-order valence-corrected chi connectivity index (χ1v) is 4.75. The molecule has 0 saturated carbocycles. The van der Waals surface area contributed by atoms with E-state index in [-0.39, 0.29) is 5.82 Å². The Morgan fingerprint density at radius 1 is 1.12 bits per heavy atom. The summed E-state index contributed by atoms with van der Waals surface area (Å²) in [6.07, 6.45) is 3.03. The molecule has 3 aromatic rings. The Morgan fingerprint density at radius 2 is 2.00 bits per heavy atom. The van der Waals surface area contributed by atoms with Gasteiger partial charge in [-0.05, 0) is 12.1 Å². The first kappa shape index (κ1) is 8.96. The molecule has 2 aromatic heterocycles. The van der Waals surface area contributed by atoms with Gasteiger partial charge in [-0.3, -0.25) is 0 Å². The summed E-state index contributed by atoms with van der Waals surface area (Å²) in [4.78, 5) is 15.1. The summed E-state index contributed by atoms with van der Waals surface area (Å²) in [5.74, 6) is -0.310. The lowest BCUT2D eigenvalue weighted by atomic mass is 10.1. The van der Waals surface area contributed by atoms with E-state index in [1.165, 1.54) is 18.6 Å². The Morgan fingerprint density at radius 3 is 2.88 bits per heavy atom. The summed E-state index contributed by atoms with van der Waals surface area (Å²) in [6, 6.07) is 6.47. The third-order valence-corrected chi connectivity index (χ3v) is 2.29. The molecule has 0 radical (unpaired) electrons. The second-order valence-electron chi connectivity index (χ2n) is 3.31. The van der Waals surface area contributed by atoms with Crippen molar-refractivity contribution in [3.8, 4) is 11.3 Å². The Kier molecular flexibility index (Phi) is 1.89. The number of hydrogen-bond donors (Lipinski definition) is 1. The molecule has 1 aromatic carbocycles. The van der Waals surface area contributed by atoms with Gasteiger partial charge in [-0.25, -0.2) is 19.3 Å². The number of nitrogens with zero attached hydrogens (tertiary/aromatic N) is 3. The van der Waals surface area contributed by atoms with Crippen LogP contribution >= 0.6 is 0 Å². The fourth-order valence-corrected chi connectivity index (χ4v) is 1.53. The summed E-state index contributed by atoms with van der Waals surface area (Å²) in [5, 5.41) is 0. The van der Waals surface area contributed by atoms with Gasteiger partial charge in [0.05, 0.1) is 18.2 Å². The first-order valence-electron chi connectivity index (χ1n) is 4.75. The quantitative estimate of drug-likeness (QED) is 0.675. The van der Waals surface area contributed by atoms with E-state index in [9.17, 15) is 4.39 Å². The first-order chi connectivity index (χ1) is 7.84. The smallest absolute Gasteiger partial charge is 0.197 e. The van der Waals surface area contributed by atoms with Crippen molar-refractivity contribution in [3.05, 3.63) is 42.6 Å². The van der Waals surface area contributed by atoms with Crippen molar-refractivity contribution in [1.82, 2.24) is 19.9 Å². The SMILES string of the molecule is Fc1ccccc1-c1cnc2nc[nH]c2n1. The van der Waals surface area contributed by atoms with Gasteiger partial charge in [0.25, 0.3) is 0 Å². The predicted octanol–water partition coefficient (Wildman–Crippen LogP) is 2.16. The van der Waals surface area contributed by atoms with Crippen LogP contribution in [0.15, 0.2) is 36.8 Å². The third kappa shape index (κ3) is 1.33. The molecule has 5 heteroatoms. The molecule has 16 heavy (non-hydrogen) atoms. The minimum absolute atomic E-state index is 0.310. The molecule has 0 aliphatic heterocycles. The summed E-state index contributed by atoms with van der Waals surface area (Å²) in [6.45, 7) is 0. The van der Waals surface area contributed by atoms with E-state index >= 15 is 0 Å². The number of halogens is 1. The molecule has 0 aliphatic carbocycles.